The second kappa shape index (κ2) is 4.18. The predicted molar refractivity (Wildman–Crippen MR) is 68.2 cm³/mol. The fourth-order valence-electron chi connectivity index (χ4n) is 5.15. The summed E-state index contributed by atoms with van der Waals surface area (Å²) in [5, 5.41) is 3.36. The van der Waals surface area contributed by atoms with Gasteiger partial charge in [0.1, 0.15) is 0 Å². The molecule has 0 heterocycles. The molecule has 4 rings (SSSR count). The number of nitrogens with one attached hydrogen (secondary N) is 1. The summed E-state index contributed by atoms with van der Waals surface area (Å²) in [4.78, 5) is 0. The topological polar surface area (TPSA) is 12.0 Å². The summed E-state index contributed by atoms with van der Waals surface area (Å²) >= 11 is 0. The van der Waals surface area contributed by atoms with Crippen LogP contribution in [0.1, 0.15) is 39.0 Å². The average molecular weight is 219 g/mol. The van der Waals surface area contributed by atoms with Crippen molar-refractivity contribution >= 4 is 0 Å². The standard InChI is InChI=1S/C15H25N/c1-3-12(9-16-2)15-13-5-10-4-11(7-13)8-14(15)6-10/h3,10-11,13-16H,4-9H2,1-2H3/b12-3+. The fraction of sp³-hybridized carbons (Fsp3) is 0.867. The van der Waals surface area contributed by atoms with E-state index in [4.69, 9.17) is 0 Å². The Morgan fingerprint density at radius 3 is 2.06 bits per heavy atom. The first kappa shape index (κ1) is 10.8. The molecule has 16 heavy (non-hydrogen) atoms. The van der Waals surface area contributed by atoms with Crippen LogP contribution in [0.5, 0.6) is 0 Å². The molecule has 4 aliphatic rings. The lowest BCUT2D eigenvalue weighted by molar-refractivity contribution is -0.0215. The van der Waals surface area contributed by atoms with E-state index < -0.39 is 0 Å². The normalized spacial score (nSPS) is 46.4. The van der Waals surface area contributed by atoms with Crippen molar-refractivity contribution in [3.63, 3.8) is 0 Å². The second-order valence-electron chi connectivity index (χ2n) is 6.35. The lowest BCUT2D eigenvalue weighted by atomic mass is 9.50. The maximum Gasteiger partial charge on any atom is 0.0164 e. The summed E-state index contributed by atoms with van der Waals surface area (Å²) in [6.45, 7) is 3.35. The van der Waals surface area contributed by atoms with Crippen molar-refractivity contribution in [2.24, 2.45) is 29.6 Å². The Bertz CT molecular complexity index is 264. The zero-order valence-electron chi connectivity index (χ0n) is 10.7. The molecule has 4 saturated carbocycles. The quantitative estimate of drug-likeness (QED) is 0.719. The SMILES string of the molecule is C/C=C(\CNC)C1C2CC3CC(C2)CC1C3. The Balaban J connectivity index is 1.80. The Morgan fingerprint density at radius 1 is 1.06 bits per heavy atom. The summed E-state index contributed by atoms with van der Waals surface area (Å²) in [5.74, 6) is 5.22. The molecule has 1 N–H and O–H groups in total. The Hall–Kier alpha value is -0.300. The van der Waals surface area contributed by atoms with Crippen molar-refractivity contribution in [1.82, 2.24) is 5.32 Å². The molecule has 0 saturated heterocycles. The lowest BCUT2D eigenvalue weighted by Crippen LogP contribution is -2.46. The van der Waals surface area contributed by atoms with Crippen molar-refractivity contribution in [3.8, 4) is 0 Å². The third-order valence-corrected chi connectivity index (χ3v) is 5.41. The highest BCUT2D eigenvalue weighted by molar-refractivity contribution is 5.15. The van der Waals surface area contributed by atoms with Crippen LogP contribution in [0.15, 0.2) is 11.6 Å². The van der Waals surface area contributed by atoms with Crippen LogP contribution in [0.3, 0.4) is 0 Å². The number of rotatable bonds is 3. The van der Waals surface area contributed by atoms with Crippen LogP contribution in [0.2, 0.25) is 0 Å². The first-order valence-corrected chi connectivity index (χ1v) is 7.11. The zero-order chi connectivity index (χ0) is 11.1. The van der Waals surface area contributed by atoms with E-state index >= 15 is 0 Å². The van der Waals surface area contributed by atoms with Gasteiger partial charge in [-0.1, -0.05) is 11.6 Å². The van der Waals surface area contributed by atoms with Gasteiger partial charge in [0, 0.05) is 6.54 Å². The van der Waals surface area contributed by atoms with Crippen LogP contribution in [-0.4, -0.2) is 13.6 Å². The Kier molecular flexibility index (Phi) is 2.83. The highest BCUT2D eigenvalue weighted by Crippen LogP contribution is 2.58. The molecule has 4 fully saturated rings. The smallest absolute Gasteiger partial charge is 0.0164 e. The van der Waals surface area contributed by atoms with E-state index in [2.05, 4.69) is 25.4 Å². The number of hydrogen-bond acceptors (Lipinski definition) is 1. The molecular weight excluding hydrogens is 194 g/mol. The first-order chi connectivity index (χ1) is 7.81. The van der Waals surface area contributed by atoms with Crippen LogP contribution in [0.25, 0.3) is 0 Å². The van der Waals surface area contributed by atoms with Gasteiger partial charge in [0.2, 0.25) is 0 Å². The minimum absolute atomic E-state index is 0.935. The van der Waals surface area contributed by atoms with Crippen LogP contribution in [0.4, 0.5) is 0 Å². The van der Waals surface area contributed by atoms with Gasteiger partial charge in [0.05, 0.1) is 0 Å². The molecule has 0 radical (unpaired) electrons. The van der Waals surface area contributed by atoms with Gasteiger partial charge < -0.3 is 5.32 Å². The lowest BCUT2D eigenvalue weighted by Gasteiger charge is -2.55. The molecule has 1 nitrogen and oxygen atoms in total. The Morgan fingerprint density at radius 2 is 1.62 bits per heavy atom. The molecule has 4 aliphatic carbocycles. The number of likely N-dealkylation sites (N-methyl/N-ethyl adjacent to an activating group) is 1. The number of hydrogen-bond donors (Lipinski definition) is 1. The monoisotopic (exact) mass is 219 g/mol. The van der Waals surface area contributed by atoms with Crippen LogP contribution in [0, 0.1) is 29.6 Å². The van der Waals surface area contributed by atoms with E-state index in [1.54, 1.807) is 37.7 Å². The highest BCUT2D eigenvalue weighted by Gasteiger charge is 2.48. The summed E-state index contributed by atoms with van der Waals surface area (Å²) in [6, 6.07) is 0. The van der Waals surface area contributed by atoms with Gasteiger partial charge in [-0.05, 0) is 75.7 Å². The van der Waals surface area contributed by atoms with Gasteiger partial charge in [0.15, 0.2) is 0 Å². The van der Waals surface area contributed by atoms with Crippen molar-refractivity contribution in [2.45, 2.75) is 39.0 Å². The van der Waals surface area contributed by atoms with Gasteiger partial charge >= 0.3 is 0 Å². The number of allylic oxidation sites excluding steroid dienone is 1. The molecule has 0 aromatic carbocycles. The van der Waals surface area contributed by atoms with Crippen molar-refractivity contribution in [1.29, 1.82) is 0 Å². The summed E-state index contributed by atoms with van der Waals surface area (Å²) in [5.41, 5.74) is 1.70. The zero-order valence-corrected chi connectivity index (χ0v) is 10.7. The van der Waals surface area contributed by atoms with Gasteiger partial charge in [-0.3, -0.25) is 0 Å². The minimum atomic E-state index is 0.935. The van der Waals surface area contributed by atoms with Gasteiger partial charge in [-0.15, -0.1) is 0 Å². The van der Waals surface area contributed by atoms with Crippen LogP contribution >= 0.6 is 0 Å². The molecule has 0 spiro atoms. The van der Waals surface area contributed by atoms with E-state index in [1.807, 2.05) is 0 Å². The molecule has 0 aromatic rings. The fourth-order valence-corrected chi connectivity index (χ4v) is 5.15. The van der Waals surface area contributed by atoms with E-state index in [0.29, 0.717) is 0 Å². The van der Waals surface area contributed by atoms with Crippen molar-refractivity contribution < 1.29 is 0 Å². The Labute approximate surface area is 99.7 Å². The molecule has 4 bridgehead atoms. The third kappa shape index (κ3) is 1.64. The maximum absolute atomic E-state index is 3.36. The summed E-state index contributed by atoms with van der Waals surface area (Å²) in [6.07, 6.45) is 10.1. The van der Waals surface area contributed by atoms with Crippen molar-refractivity contribution in [3.05, 3.63) is 11.6 Å². The summed E-state index contributed by atoms with van der Waals surface area (Å²) in [7, 11) is 2.08. The van der Waals surface area contributed by atoms with E-state index in [9.17, 15) is 0 Å². The first-order valence-electron chi connectivity index (χ1n) is 7.11. The van der Waals surface area contributed by atoms with Crippen LogP contribution < -0.4 is 5.32 Å². The van der Waals surface area contributed by atoms with Gasteiger partial charge in [-0.25, -0.2) is 0 Å². The molecule has 90 valence electrons. The molecule has 0 aromatic heterocycles. The molecule has 0 unspecified atom stereocenters. The molecule has 0 amide bonds. The average Bonchev–Trinajstić information content (AvgIpc) is 2.26. The van der Waals surface area contributed by atoms with Crippen molar-refractivity contribution in [2.75, 3.05) is 13.6 Å². The largest absolute Gasteiger partial charge is 0.316 e. The highest BCUT2D eigenvalue weighted by atomic mass is 14.8. The molecule has 0 aliphatic heterocycles. The van der Waals surface area contributed by atoms with E-state index in [-0.39, 0.29) is 0 Å². The van der Waals surface area contributed by atoms with Gasteiger partial charge in [-0.2, -0.15) is 0 Å². The predicted octanol–water partition coefficient (Wildman–Crippen LogP) is 3.22. The maximum atomic E-state index is 3.36. The summed E-state index contributed by atoms with van der Waals surface area (Å²) < 4.78 is 0. The van der Waals surface area contributed by atoms with E-state index in [1.165, 1.54) is 0 Å². The molecule has 0 atom stereocenters. The minimum Gasteiger partial charge on any atom is -0.316 e. The molecule has 1 heteroatoms. The molecular formula is C15H25N. The van der Waals surface area contributed by atoms with Crippen LogP contribution in [-0.2, 0) is 0 Å². The second-order valence-corrected chi connectivity index (χ2v) is 6.35. The third-order valence-electron chi connectivity index (χ3n) is 5.41. The van der Waals surface area contributed by atoms with E-state index in [0.717, 1.165) is 36.1 Å². The van der Waals surface area contributed by atoms with Gasteiger partial charge in [0.25, 0.3) is 0 Å².